The zero-order valence-electron chi connectivity index (χ0n) is 18.2. The van der Waals surface area contributed by atoms with Crippen molar-refractivity contribution in [2.45, 2.75) is 13.0 Å². The van der Waals surface area contributed by atoms with Crippen LogP contribution in [0.3, 0.4) is 0 Å². The predicted molar refractivity (Wildman–Crippen MR) is 122 cm³/mol. The summed E-state index contributed by atoms with van der Waals surface area (Å²) in [6.45, 7) is 2.73. The molecule has 0 saturated carbocycles. The van der Waals surface area contributed by atoms with Gasteiger partial charge >= 0.3 is 5.97 Å². The van der Waals surface area contributed by atoms with Gasteiger partial charge in [-0.25, -0.2) is 4.79 Å². The molecule has 0 radical (unpaired) electrons. The van der Waals surface area contributed by atoms with Crippen LogP contribution in [0.4, 0.5) is 5.69 Å². The Bertz CT molecular complexity index is 1060. The number of morpholine rings is 1. The summed E-state index contributed by atoms with van der Waals surface area (Å²) in [6, 6.07) is 6.57. The van der Waals surface area contributed by atoms with E-state index in [2.05, 4.69) is 15.0 Å². The molecule has 1 fully saturated rings. The van der Waals surface area contributed by atoms with E-state index >= 15 is 0 Å². The molecule has 1 aliphatic heterocycles. The third-order valence-corrected chi connectivity index (χ3v) is 4.99. The summed E-state index contributed by atoms with van der Waals surface area (Å²) in [4.78, 5) is 41.4. The second-order valence-corrected chi connectivity index (χ2v) is 7.67. The zero-order chi connectivity index (χ0) is 23.8. The maximum Gasteiger partial charge on any atom is 0.339 e. The van der Waals surface area contributed by atoms with Gasteiger partial charge in [0.2, 0.25) is 11.8 Å². The smallest absolute Gasteiger partial charge is 0.339 e. The first kappa shape index (κ1) is 24.2. The van der Waals surface area contributed by atoms with Crippen LogP contribution < -0.4 is 10.1 Å². The summed E-state index contributed by atoms with van der Waals surface area (Å²) in [6.07, 6.45) is 5.61. The molecule has 2 amide bonds. The molecular weight excluding hydrogens is 450 g/mol. The summed E-state index contributed by atoms with van der Waals surface area (Å²) < 4.78 is 16.1. The molecule has 10 heteroatoms. The number of benzene rings is 1. The number of carbonyl (C=O) groups is 3. The highest BCUT2D eigenvalue weighted by atomic mass is 35.5. The normalized spacial score (nSPS) is 15.8. The topological polar surface area (TPSA) is 107 Å². The van der Waals surface area contributed by atoms with Crippen molar-refractivity contribution >= 4 is 41.1 Å². The van der Waals surface area contributed by atoms with Crippen molar-refractivity contribution in [3.8, 4) is 5.75 Å². The number of carbonyl (C=O) groups excluding carboxylic acids is 3. The average Bonchev–Trinajstić information content (AvgIpc) is 2.81. The number of ether oxygens (including phenoxy) is 3. The van der Waals surface area contributed by atoms with Gasteiger partial charge in [0.15, 0.2) is 0 Å². The number of esters is 1. The second kappa shape index (κ2) is 11.4. The molecule has 1 aromatic heterocycles. The fourth-order valence-corrected chi connectivity index (χ4v) is 3.35. The lowest BCUT2D eigenvalue weighted by Crippen LogP contribution is -2.47. The van der Waals surface area contributed by atoms with E-state index in [1.807, 2.05) is 0 Å². The molecule has 1 atom stereocenters. The zero-order valence-corrected chi connectivity index (χ0v) is 19.0. The van der Waals surface area contributed by atoms with E-state index in [-0.39, 0.29) is 30.1 Å². The Kier molecular flexibility index (Phi) is 8.39. The van der Waals surface area contributed by atoms with E-state index in [1.165, 1.54) is 38.6 Å². The first-order valence-corrected chi connectivity index (χ1v) is 10.6. The van der Waals surface area contributed by atoms with Gasteiger partial charge in [0.25, 0.3) is 0 Å². The molecule has 2 heterocycles. The molecule has 1 N–H and O–H groups in total. The van der Waals surface area contributed by atoms with E-state index in [0.29, 0.717) is 41.7 Å². The minimum atomic E-state index is -0.507. The van der Waals surface area contributed by atoms with Crippen LogP contribution in [-0.4, -0.2) is 67.2 Å². The van der Waals surface area contributed by atoms with E-state index in [0.717, 1.165) is 0 Å². The first-order chi connectivity index (χ1) is 15.9. The van der Waals surface area contributed by atoms with Crippen LogP contribution in [-0.2, 0) is 19.1 Å². The summed E-state index contributed by atoms with van der Waals surface area (Å²) in [5.74, 6) is -0.533. The molecular formula is C23H24ClN3O6. The molecule has 1 aliphatic rings. The van der Waals surface area contributed by atoms with Crippen LogP contribution in [0.2, 0.25) is 5.02 Å². The monoisotopic (exact) mass is 473 g/mol. The standard InChI is InChI=1S/C23H24ClN3O6/c1-15(28)26-21-10-18(24)5-3-16(21)4-6-22(29)27-7-8-32-20(13-27)14-33-19-9-17(11-25-12-19)23(30)31-2/h3-6,9-12,20H,7-8,13-14H2,1-2H3,(H,26,28). The number of anilines is 1. The molecule has 2 aromatic rings. The summed E-state index contributed by atoms with van der Waals surface area (Å²) in [7, 11) is 1.29. The van der Waals surface area contributed by atoms with Gasteiger partial charge in [-0.3, -0.25) is 14.6 Å². The minimum Gasteiger partial charge on any atom is -0.489 e. The van der Waals surface area contributed by atoms with Crippen molar-refractivity contribution in [1.29, 1.82) is 0 Å². The molecule has 174 valence electrons. The van der Waals surface area contributed by atoms with Crippen LogP contribution >= 0.6 is 11.6 Å². The van der Waals surface area contributed by atoms with Crippen LogP contribution in [0.25, 0.3) is 6.08 Å². The fourth-order valence-electron chi connectivity index (χ4n) is 3.17. The SMILES string of the molecule is COC(=O)c1cncc(OCC2CN(C(=O)C=Cc3ccc(Cl)cc3NC(C)=O)CCO2)c1. The fraction of sp³-hybridized carbons (Fsp3) is 0.304. The number of hydrogen-bond donors (Lipinski definition) is 1. The van der Waals surface area contributed by atoms with Crippen molar-refractivity contribution in [3.63, 3.8) is 0 Å². The lowest BCUT2D eigenvalue weighted by molar-refractivity contribution is -0.134. The molecule has 9 nitrogen and oxygen atoms in total. The minimum absolute atomic E-state index is 0.184. The molecule has 1 aromatic carbocycles. The number of nitrogens with one attached hydrogen (secondary N) is 1. The van der Waals surface area contributed by atoms with Gasteiger partial charge in [0.1, 0.15) is 18.5 Å². The number of rotatable bonds is 7. The number of aromatic nitrogens is 1. The molecule has 33 heavy (non-hydrogen) atoms. The van der Waals surface area contributed by atoms with Crippen LogP contribution in [0.15, 0.2) is 42.7 Å². The van der Waals surface area contributed by atoms with E-state index in [4.69, 9.17) is 21.1 Å². The maximum atomic E-state index is 12.7. The van der Waals surface area contributed by atoms with Gasteiger partial charge in [0.05, 0.1) is 32.0 Å². The van der Waals surface area contributed by atoms with Gasteiger partial charge in [-0.15, -0.1) is 0 Å². The second-order valence-electron chi connectivity index (χ2n) is 7.24. The predicted octanol–water partition coefficient (Wildman–Crippen LogP) is 2.80. The summed E-state index contributed by atoms with van der Waals surface area (Å²) >= 11 is 6.00. The van der Waals surface area contributed by atoms with Gasteiger partial charge in [-0.1, -0.05) is 17.7 Å². The Hall–Kier alpha value is -3.43. The number of halogens is 1. The molecule has 0 spiro atoms. The lowest BCUT2D eigenvalue weighted by Gasteiger charge is -2.32. The van der Waals surface area contributed by atoms with E-state index < -0.39 is 5.97 Å². The Labute approximate surface area is 196 Å². The molecule has 0 bridgehead atoms. The first-order valence-electron chi connectivity index (χ1n) is 10.2. The maximum absolute atomic E-state index is 12.7. The summed E-state index contributed by atoms with van der Waals surface area (Å²) in [5, 5.41) is 3.18. The number of hydrogen-bond acceptors (Lipinski definition) is 7. The quantitative estimate of drug-likeness (QED) is 0.486. The molecule has 0 aliphatic carbocycles. The number of methoxy groups -OCH3 is 1. The Morgan fingerprint density at radius 2 is 2.12 bits per heavy atom. The van der Waals surface area contributed by atoms with E-state index in [9.17, 15) is 14.4 Å². The molecule has 3 rings (SSSR count). The number of pyridine rings is 1. The third-order valence-electron chi connectivity index (χ3n) is 4.75. The van der Waals surface area contributed by atoms with Crippen LogP contribution in [0.1, 0.15) is 22.8 Å². The number of amides is 2. The molecule has 1 unspecified atom stereocenters. The van der Waals surface area contributed by atoms with Gasteiger partial charge in [-0.05, 0) is 29.8 Å². The highest BCUT2D eigenvalue weighted by Gasteiger charge is 2.24. The van der Waals surface area contributed by atoms with Crippen molar-refractivity contribution in [2.24, 2.45) is 0 Å². The molecule has 1 saturated heterocycles. The Morgan fingerprint density at radius 3 is 2.88 bits per heavy atom. The Morgan fingerprint density at radius 1 is 1.30 bits per heavy atom. The van der Waals surface area contributed by atoms with Crippen molar-refractivity contribution in [2.75, 3.05) is 38.7 Å². The van der Waals surface area contributed by atoms with E-state index in [1.54, 1.807) is 29.2 Å². The summed E-state index contributed by atoms with van der Waals surface area (Å²) in [5.41, 5.74) is 1.46. The van der Waals surface area contributed by atoms with Crippen molar-refractivity contribution in [1.82, 2.24) is 9.88 Å². The largest absolute Gasteiger partial charge is 0.489 e. The average molecular weight is 474 g/mol. The van der Waals surface area contributed by atoms with Crippen LogP contribution in [0.5, 0.6) is 5.75 Å². The van der Waals surface area contributed by atoms with Crippen molar-refractivity contribution < 1.29 is 28.6 Å². The van der Waals surface area contributed by atoms with Crippen LogP contribution in [0, 0.1) is 0 Å². The third kappa shape index (κ3) is 7.03. The van der Waals surface area contributed by atoms with Gasteiger partial charge < -0.3 is 24.4 Å². The highest BCUT2D eigenvalue weighted by Crippen LogP contribution is 2.22. The lowest BCUT2D eigenvalue weighted by atomic mass is 10.1. The van der Waals surface area contributed by atoms with Gasteiger partial charge in [0, 0.05) is 36.5 Å². The van der Waals surface area contributed by atoms with Gasteiger partial charge in [-0.2, -0.15) is 0 Å². The Balaban J connectivity index is 1.59. The number of nitrogens with zero attached hydrogens (tertiary/aromatic N) is 2. The van der Waals surface area contributed by atoms with Crippen molar-refractivity contribution in [3.05, 3.63) is 58.9 Å². The highest BCUT2D eigenvalue weighted by molar-refractivity contribution is 6.31.